The lowest BCUT2D eigenvalue weighted by atomic mass is 10.2. The van der Waals surface area contributed by atoms with Gasteiger partial charge in [-0.15, -0.1) is 0 Å². The molecule has 3 rings (SSSR count). The van der Waals surface area contributed by atoms with Crippen molar-refractivity contribution in [1.29, 1.82) is 0 Å². The molecule has 0 spiro atoms. The fourth-order valence-corrected chi connectivity index (χ4v) is 2.52. The Morgan fingerprint density at radius 2 is 1.94 bits per heavy atom. The molecule has 1 heterocycles. The molecule has 0 amide bonds. The van der Waals surface area contributed by atoms with Gasteiger partial charge in [0.25, 0.3) is 0 Å². The highest BCUT2D eigenvalue weighted by Gasteiger charge is 2.08. The zero-order valence-corrected chi connectivity index (χ0v) is 11.1. The number of nitrogens with one attached hydrogen (secondary N) is 1. The van der Waals surface area contributed by atoms with E-state index < -0.39 is 0 Å². The normalized spacial score (nSPS) is 10.9. The summed E-state index contributed by atoms with van der Waals surface area (Å²) in [6, 6.07) is 13.7. The van der Waals surface area contributed by atoms with Gasteiger partial charge in [0, 0.05) is 10.0 Å². The van der Waals surface area contributed by atoms with E-state index in [1.54, 1.807) is 0 Å². The van der Waals surface area contributed by atoms with E-state index in [4.69, 9.17) is 11.6 Å². The van der Waals surface area contributed by atoms with Crippen molar-refractivity contribution in [2.24, 2.45) is 0 Å². The summed E-state index contributed by atoms with van der Waals surface area (Å²) in [5.74, 6) is 0.795. The second-order valence-electron chi connectivity index (χ2n) is 3.73. The van der Waals surface area contributed by atoms with Gasteiger partial charge in [-0.25, -0.2) is 4.98 Å². The Balaban J connectivity index is 2.20. The molecule has 2 nitrogen and oxygen atoms in total. The molecule has 84 valence electrons. The molecule has 1 aromatic heterocycles. The average molecular weight is 308 g/mol. The third-order valence-corrected chi connectivity index (χ3v) is 3.38. The van der Waals surface area contributed by atoms with Gasteiger partial charge in [-0.3, -0.25) is 0 Å². The van der Waals surface area contributed by atoms with Crippen molar-refractivity contribution in [2.45, 2.75) is 0 Å². The van der Waals surface area contributed by atoms with Crippen molar-refractivity contribution >= 4 is 38.6 Å². The molecule has 4 heteroatoms. The van der Waals surface area contributed by atoms with Gasteiger partial charge >= 0.3 is 0 Å². The summed E-state index contributed by atoms with van der Waals surface area (Å²) in [5, 5.41) is 0.679. The highest BCUT2D eigenvalue weighted by Crippen LogP contribution is 2.29. The number of para-hydroxylation sites is 2. The summed E-state index contributed by atoms with van der Waals surface area (Å²) in [5.41, 5.74) is 2.87. The summed E-state index contributed by atoms with van der Waals surface area (Å²) in [6.45, 7) is 0. The van der Waals surface area contributed by atoms with Crippen LogP contribution in [-0.2, 0) is 0 Å². The fraction of sp³-hybridized carbons (Fsp3) is 0. The second-order valence-corrected chi connectivity index (χ2v) is 5.05. The minimum absolute atomic E-state index is 0.679. The molecular weight excluding hydrogens is 300 g/mol. The highest BCUT2D eigenvalue weighted by atomic mass is 79.9. The summed E-state index contributed by atoms with van der Waals surface area (Å²) in [6.07, 6.45) is 0. The lowest BCUT2D eigenvalue weighted by molar-refractivity contribution is 1.33. The van der Waals surface area contributed by atoms with Crippen LogP contribution in [0.5, 0.6) is 0 Å². The third-order valence-electron chi connectivity index (χ3n) is 2.58. The summed E-state index contributed by atoms with van der Waals surface area (Å²) < 4.78 is 0.961. The van der Waals surface area contributed by atoms with Crippen molar-refractivity contribution in [3.8, 4) is 11.4 Å². The number of nitrogens with zero attached hydrogens (tertiary/aromatic N) is 1. The zero-order valence-electron chi connectivity index (χ0n) is 8.74. The highest BCUT2D eigenvalue weighted by molar-refractivity contribution is 9.10. The number of hydrogen-bond donors (Lipinski definition) is 1. The predicted octanol–water partition coefficient (Wildman–Crippen LogP) is 4.65. The molecule has 0 saturated heterocycles. The van der Waals surface area contributed by atoms with E-state index in [1.165, 1.54) is 0 Å². The Bertz CT molecular complexity index is 658. The lowest BCUT2D eigenvalue weighted by Crippen LogP contribution is -1.81. The SMILES string of the molecule is Clc1cc(Br)ccc1-c1nc2ccccc2[nH]1. The molecule has 0 radical (unpaired) electrons. The second kappa shape index (κ2) is 4.17. The van der Waals surface area contributed by atoms with Gasteiger partial charge in [-0.2, -0.15) is 0 Å². The molecule has 3 aromatic rings. The lowest BCUT2D eigenvalue weighted by Gasteiger charge is -2.00. The quantitative estimate of drug-likeness (QED) is 0.697. The van der Waals surface area contributed by atoms with Gasteiger partial charge in [-0.1, -0.05) is 39.7 Å². The molecule has 0 saturated carbocycles. The standard InChI is InChI=1S/C13H8BrClN2/c14-8-5-6-9(10(15)7-8)13-16-11-3-1-2-4-12(11)17-13/h1-7H,(H,16,17). The number of halogens is 2. The number of hydrogen-bond acceptors (Lipinski definition) is 1. The first-order chi connectivity index (χ1) is 8.24. The molecule has 17 heavy (non-hydrogen) atoms. The van der Waals surface area contributed by atoms with Crippen LogP contribution in [-0.4, -0.2) is 9.97 Å². The van der Waals surface area contributed by atoms with Gasteiger partial charge in [0.15, 0.2) is 0 Å². The van der Waals surface area contributed by atoms with Gasteiger partial charge in [-0.05, 0) is 30.3 Å². The van der Waals surface area contributed by atoms with E-state index in [9.17, 15) is 0 Å². The van der Waals surface area contributed by atoms with Crippen molar-refractivity contribution < 1.29 is 0 Å². The average Bonchev–Trinajstić information content (AvgIpc) is 2.72. The molecule has 0 atom stereocenters. The molecule has 0 unspecified atom stereocenters. The first kappa shape index (κ1) is 10.8. The van der Waals surface area contributed by atoms with Gasteiger partial charge < -0.3 is 4.98 Å². The number of aromatic amines is 1. The third kappa shape index (κ3) is 1.96. The maximum Gasteiger partial charge on any atom is 0.139 e. The molecule has 1 N–H and O–H groups in total. The van der Waals surface area contributed by atoms with Crippen molar-refractivity contribution in [3.05, 3.63) is 52.0 Å². The summed E-state index contributed by atoms with van der Waals surface area (Å²) in [7, 11) is 0. The molecular formula is C13H8BrClN2. The Morgan fingerprint density at radius 1 is 1.12 bits per heavy atom. The van der Waals surface area contributed by atoms with Crippen molar-refractivity contribution in [1.82, 2.24) is 9.97 Å². The van der Waals surface area contributed by atoms with E-state index in [2.05, 4.69) is 25.9 Å². The van der Waals surface area contributed by atoms with Crippen molar-refractivity contribution in [3.63, 3.8) is 0 Å². The minimum atomic E-state index is 0.679. The van der Waals surface area contributed by atoms with E-state index in [0.29, 0.717) is 5.02 Å². The first-order valence-electron chi connectivity index (χ1n) is 5.14. The smallest absolute Gasteiger partial charge is 0.139 e. The van der Waals surface area contributed by atoms with Crippen molar-refractivity contribution in [2.75, 3.05) is 0 Å². The van der Waals surface area contributed by atoms with Crippen LogP contribution in [0.25, 0.3) is 22.4 Å². The monoisotopic (exact) mass is 306 g/mol. The van der Waals surface area contributed by atoms with E-state index in [-0.39, 0.29) is 0 Å². The number of benzene rings is 2. The van der Waals surface area contributed by atoms with Gasteiger partial charge in [0.05, 0.1) is 16.1 Å². The van der Waals surface area contributed by atoms with Crippen LogP contribution in [0.3, 0.4) is 0 Å². The predicted molar refractivity (Wildman–Crippen MR) is 74.2 cm³/mol. The van der Waals surface area contributed by atoms with Crippen LogP contribution in [0.15, 0.2) is 46.9 Å². The number of rotatable bonds is 1. The summed E-state index contributed by atoms with van der Waals surface area (Å²) in [4.78, 5) is 7.78. The molecule has 2 aromatic carbocycles. The molecule has 0 aliphatic heterocycles. The largest absolute Gasteiger partial charge is 0.338 e. The first-order valence-corrected chi connectivity index (χ1v) is 6.31. The van der Waals surface area contributed by atoms with Gasteiger partial charge in [0.1, 0.15) is 5.82 Å². The topological polar surface area (TPSA) is 28.7 Å². The maximum atomic E-state index is 6.20. The Labute approximate surface area is 112 Å². The van der Waals surface area contributed by atoms with Crippen LogP contribution >= 0.6 is 27.5 Å². The number of aromatic nitrogens is 2. The molecule has 0 aliphatic carbocycles. The number of imidazole rings is 1. The Morgan fingerprint density at radius 3 is 2.71 bits per heavy atom. The number of fused-ring (bicyclic) bond motifs is 1. The van der Waals surface area contributed by atoms with Gasteiger partial charge in [0.2, 0.25) is 0 Å². The maximum absolute atomic E-state index is 6.20. The summed E-state index contributed by atoms with van der Waals surface area (Å²) >= 11 is 9.59. The molecule has 0 bridgehead atoms. The van der Waals surface area contributed by atoms with E-state index in [0.717, 1.165) is 26.9 Å². The zero-order chi connectivity index (χ0) is 11.8. The number of H-pyrrole nitrogens is 1. The Hall–Kier alpha value is -1.32. The minimum Gasteiger partial charge on any atom is -0.338 e. The fourth-order valence-electron chi connectivity index (χ4n) is 1.76. The van der Waals surface area contributed by atoms with Crippen LogP contribution in [0.2, 0.25) is 5.02 Å². The van der Waals surface area contributed by atoms with Crippen LogP contribution in [0, 0.1) is 0 Å². The van der Waals surface area contributed by atoms with Crippen LogP contribution in [0.1, 0.15) is 0 Å². The molecule has 0 aliphatic rings. The van der Waals surface area contributed by atoms with Crippen LogP contribution < -0.4 is 0 Å². The van der Waals surface area contributed by atoms with Crippen LogP contribution in [0.4, 0.5) is 0 Å². The molecule has 0 fully saturated rings. The Kier molecular flexibility index (Phi) is 2.65. The van der Waals surface area contributed by atoms with E-state index >= 15 is 0 Å². The van der Waals surface area contributed by atoms with E-state index in [1.807, 2.05) is 42.5 Å².